The smallest absolute Gasteiger partial charge is 0.244 e. The van der Waals surface area contributed by atoms with Gasteiger partial charge in [-0.1, -0.05) is 0 Å². The van der Waals surface area contributed by atoms with Crippen molar-refractivity contribution in [3.8, 4) is 0 Å². The van der Waals surface area contributed by atoms with Crippen molar-refractivity contribution in [1.82, 2.24) is 20.1 Å². The Kier molecular flexibility index (Phi) is 3.94. The highest BCUT2D eigenvalue weighted by atomic mass is 16.2. The van der Waals surface area contributed by atoms with Gasteiger partial charge in [-0.2, -0.15) is 5.10 Å². The molecule has 0 spiro atoms. The molecule has 0 unspecified atom stereocenters. The Morgan fingerprint density at radius 3 is 2.89 bits per heavy atom. The molecule has 5 nitrogen and oxygen atoms in total. The molecular formula is C14H18N4O. The third-order valence-electron chi connectivity index (χ3n) is 2.93. The minimum atomic E-state index is -0.309. The number of hydrogen-bond donors (Lipinski definition) is 1. The molecule has 0 bridgehead atoms. The second kappa shape index (κ2) is 5.65. The molecule has 1 atom stereocenters. The minimum absolute atomic E-state index is 0.0439. The molecule has 0 saturated heterocycles. The fraction of sp³-hybridized carbons (Fsp3) is 0.357. The first kappa shape index (κ1) is 13.3. The maximum atomic E-state index is 12.0. The van der Waals surface area contributed by atoms with Crippen LogP contribution in [0, 0.1) is 13.8 Å². The lowest BCUT2D eigenvalue weighted by Crippen LogP contribution is -2.30. The molecule has 0 aliphatic heterocycles. The number of aromatic nitrogens is 3. The third kappa shape index (κ3) is 3.40. The Labute approximate surface area is 112 Å². The summed E-state index contributed by atoms with van der Waals surface area (Å²) in [4.78, 5) is 16.1. The van der Waals surface area contributed by atoms with E-state index in [0.717, 1.165) is 16.8 Å². The number of nitrogens with one attached hydrogen (secondary N) is 1. The van der Waals surface area contributed by atoms with Crippen LogP contribution in [0.4, 0.5) is 0 Å². The standard InChI is InChI=1S/C14H18N4O/c1-10-7-17-18(9-10)12(3)14(19)16-8-13-4-5-15-11(2)6-13/h4-7,9,12H,8H2,1-3H3,(H,16,19)/t12-/m0/s1. The van der Waals surface area contributed by atoms with Crippen molar-refractivity contribution in [1.29, 1.82) is 0 Å². The Morgan fingerprint density at radius 2 is 2.26 bits per heavy atom. The molecule has 19 heavy (non-hydrogen) atoms. The fourth-order valence-corrected chi connectivity index (χ4v) is 1.82. The SMILES string of the molecule is Cc1cnn([C@@H](C)C(=O)NCc2ccnc(C)c2)c1. The van der Waals surface area contributed by atoms with Gasteiger partial charge in [0.2, 0.25) is 5.91 Å². The Balaban J connectivity index is 1.94. The average molecular weight is 258 g/mol. The van der Waals surface area contributed by atoms with E-state index >= 15 is 0 Å². The number of hydrogen-bond acceptors (Lipinski definition) is 3. The topological polar surface area (TPSA) is 59.8 Å². The first-order valence-electron chi connectivity index (χ1n) is 6.26. The van der Waals surface area contributed by atoms with Crippen LogP contribution in [-0.2, 0) is 11.3 Å². The molecule has 0 aromatic carbocycles. The molecule has 2 aromatic rings. The Bertz CT molecular complexity index is 576. The number of carbonyl (C=O) groups is 1. The van der Waals surface area contributed by atoms with E-state index in [9.17, 15) is 4.79 Å². The first-order valence-corrected chi connectivity index (χ1v) is 6.26. The maximum Gasteiger partial charge on any atom is 0.244 e. The van der Waals surface area contributed by atoms with Gasteiger partial charge in [0, 0.05) is 24.6 Å². The van der Waals surface area contributed by atoms with Gasteiger partial charge in [-0.3, -0.25) is 14.5 Å². The zero-order valence-corrected chi connectivity index (χ0v) is 11.4. The van der Waals surface area contributed by atoms with Crippen molar-refractivity contribution in [2.75, 3.05) is 0 Å². The predicted octanol–water partition coefficient (Wildman–Crippen LogP) is 1.77. The van der Waals surface area contributed by atoms with Gasteiger partial charge in [0.25, 0.3) is 0 Å². The Hall–Kier alpha value is -2.17. The number of nitrogens with zero attached hydrogens (tertiary/aromatic N) is 3. The zero-order chi connectivity index (χ0) is 13.8. The van der Waals surface area contributed by atoms with Gasteiger partial charge in [0.15, 0.2) is 0 Å². The third-order valence-corrected chi connectivity index (χ3v) is 2.93. The second-order valence-electron chi connectivity index (χ2n) is 4.70. The van der Waals surface area contributed by atoms with E-state index in [2.05, 4.69) is 15.4 Å². The van der Waals surface area contributed by atoms with E-state index < -0.39 is 0 Å². The van der Waals surface area contributed by atoms with Crippen molar-refractivity contribution in [3.63, 3.8) is 0 Å². The van der Waals surface area contributed by atoms with Crippen molar-refractivity contribution in [2.24, 2.45) is 0 Å². The van der Waals surface area contributed by atoms with E-state index in [4.69, 9.17) is 0 Å². The van der Waals surface area contributed by atoms with Crippen molar-refractivity contribution in [2.45, 2.75) is 33.4 Å². The van der Waals surface area contributed by atoms with Crippen LogP contribution < -0.4 is 5.32 Å². The van der Waals surface area contributed by atoms with Crippen molar-refractivity contribution >= 4 is 5.91 Å². The number of pyridine rings is 1. The van der Waals surface area contributed by atoms with Crippen LogP contribution in [0.25, 0.3) is 0 Å². The summed E-state index contributed by atoms with van der Waals surface area (Å²) >= 11 is 0. The number of aryl methyl sites for hydroxylation is 2. The van der Waals surface area contributed by atoms with Crippen molar-refractivity contribution in [3.05, 3.63) is 47.5 Å². The van der Waals surface area contributed by atoms with E-state index in [1.165, 1.54) is 0 Å². The lowest BCUT2D eigenvalue weighted by molar-refractivity contribution is -0.124. The molecule has 100 valence electrons. The quantitative estimate of drug-likeness (QED) is 0.909. The largest absolute Gasteiger partial charge is 0.350 e. The highest BCUT2D eigenvalue weighted by Gasteiger charge is 2.14. The van der Waals surface area contributed by atoms with Gasteiger partial charge in [-0.25, -0.2) is 0 Å². The molecule has 0 fully saturated rings. The summed E-state index contributed by atoms with van der Waals surface area (Å²) in [6.45, 7) is 6.22. The average Bonchev–Trinajstić information content (AvgIpc) is 2.82. The molecular weight excluding hydrogens is 240 g/mol. The summed E-state index contributed by atoms with van der Waals surface area (Å²) in [7, 11) is 0. The van der Waals surface area contributed by atoms with E-state index in [1.807, 2.05) is 39.1 Å². The van der Waals surface area contributed by atoms with E-state index in [1.54, 1.807) is 17.1 Å². The molecule has 5 heteroatoms. The number of rotatable bonds is 4. The van der Waals surface area contributed by atoms with E-state index in [0.29, 0.717) is 6.54 Å². The van der Waals surface area contributed by atoms with Crippen LogP contribution in [0.3, 0.4) is 0 Å². The molecule has 2 aromatic heterocycles. The summed E-state index contributed by atoms with van der Waals surface area (Å²) in [6, 6.07) is 3.55. The van der Waals surface area contributed by atoms with Gasteiger partial charge in [-0.15, -0.1) is 0 Å². The second-order valence-corrected chi connectivity index (χ2v) is 4.70. The highest BCUT2D eigenvalue weighted by Crippen LogP contribution is 2.07. The number of carbonyl (C=O) groups excluding carboxylic acids is 1. The molecule has 0 aliphatic rings. The normalized spacial score (nSPS) is 12.2. The summed E-state index contributed by atoms with van der Waals surface area (Å²) in [5, 5.41) is 7.06. The summed E-state index contributed by atoms with van der Waals surface area (Å²) < 4.78 is 1.67. The molecule has 2 rings (SSSR count). The molecule has 0 aliphatic carbocycles. The van der Waals surface area contributed by atoms with Crippen LogP contribution in [0.1, 0.15) is 29.8 Å². The Morgan fingerprint density at radius 1 is 1.47 bits per heavy atom. The summed E-state index contributed by atoms with van der Waals surface area (Å²) in [5.41, 5.74) is 3.04. The zero-order valence-electron chi connectivity index (χ0n) is 11.4. The van der Waals surface area contributed by atoms with Gasteiger partial charge in [0.05, 0.1) is 6.20 Å². The van der Waals surface area contributed by atoms with Crippen LogP contribution >= 0.6 is 0 Å². The molecule has 0 saturated carbocycles. The lowest BCUT2D eigenvalue weighted by Gasteiger charge is -2.12. The molecule has 0 radical (unpaired) electrons. The fourth-order valence-electron chi connectivity index (χ4n) is 1.82. The van der Waals surface area contributed by atoms with Gasteiger partial charge < -0.3 is 5.32 Å². The molecule has 2 heterocycles. The lowest BCUT2D eigenvalue weighted by atomic mass is 10.2. The van der Waals surface area contributed by atoms with E-state index in [-0.39, 0.29) is 11.9 Å². The number of amides is 1. The highest BCUT2D eigenvalue weighted by molar-refractivity contribution is 5.79. The maximum absolute atomic E-state index is 12.0. The monoisotopic (exact) mass is 258 g/mol. The van der Waals surface area contributed by atoms with Gasteiger partial charge in [0.1, 0.15) is 6.04 Å². The van der Waals surface area contributed by atoms with Crippen LogP contribution in [0.5, 0.6) is 0 Å². The first-order chi connectivity index (χ1) is 9.06. The minimum Gasteiger partial charge on any atom is -0.350 e. The van der Waals surface area contributed by atoms with Crippen LogP contribution in [-0.4, -0.2) is 20.7 Å². The molecule has 1 amide bonds. The van der Waals surface area contributed by atoms with Gasteiger partial charge in [-0.05, 0) is 44.0 Å². The van der Waals surface area contributed by atoms with Gasteiger partial charge >= 0.3 is 0 Å². The molecule has 1 N–H and O–H groups in total. The summed E-state index contributed by atoms with van der Waals surface area (Å²) in [6.07, 6.45) is 5.36. The summed E-state index contributed by atoms with van der Waals surface area (Å²) in [5.74, 6) is -0.0439. The van der Waals surface area contributed by atoms with Crippen LogP contribution in [0.15, 0.2) is 30.7 Å². The van der Waals surface area contributed by atoms with Crippen molar-refractivity contribution < 1.29 is 4.79 Å². The predicted molar refractivity (Wildman–Crippen MR) is 72.5 cm³/mol. The van der Waals surface area contributed by atoms with Crippen LogP contribution in [0.2, 0.25) is 0 Å².